The quantitative estimate of drug-likeness (QED) is 0.771. The highest BCUT2D eigenvalue weighted by Gasteiger charge is 2.28. The van der Waals surface area contributed by atoms with E-state index >= 15 is 0 Å². The molecule has 22 heavy (non-hydrogen) atoms. The molecule has 0 aliphatic carbocycles. The van der Waals surface area contributed by atoms with Gasteiger partial charge in [-0.05, 0) is 31.2 Å². The van der Waals surface area contributed by atoms with Crippen molar-refractivity contribution in [3.8, 4) is 0 Å². The molecule has 0 saturated carbocycles. The minimum Gasteiger partial charge on any atom is -0.353 e. The van der Waals surface area contributed by atoms with E-state index in [1.54, 1.807) is 6.08 Å². The van der Waals surface area contributed by atoms with Gasteiger partial charge in [-0.3, -0.25) is 0 Å². The van der Waals surface area contributed by atoms with Crippen molar-refractivity contribution in [3.63, 3.8) is 0 Å². The smallest absolute Gasteiger partial charge is 0.180 e. The summed E-state index contributed by atoms with van der Waals surface area (Å²) in [5, 5.41) is 0. The van der Waals surface area contributed by atoms with Gasteiger partial charge in [-0.2, -0.15) is 0 Å². The molecule has 0 aromatic heterocycles. The Morgan fingerprint density at radius 3 is 2.73 bits per heavy atom. The number of rotatable bonds is 7. The van der Waals surface area contributed by atoms with Crippen LogP contribution in [-0.4, -0.2) is 32.5 Å². The highest BCUT2D eigenvalue weighted by atomic mass is 32.2. The van der Waals surface area contributed by atoms with Gasteiger partial charge in [-0.15, -0.1) is 0 Å². The van der Waals surface area contributed by atoms with Crippen LogP contribution in [0.15, 0.2) is 36.4 Å². The molecule has 1 heterocycles. The molecule has 2 unspecified atom stereocenters. The Bertz CT molecular complexity index is 560. The van der Waals surface area contributed by atoms with Crippen LogP contribution in [0.2, 0.25) is 0 Å². The molecule has 0 N–H and O–H groups in total. The molecule has 0 radical (unpaired) electrons. The monoisotopic (exact) mass is 324 g/mol. The Hall–Kier alpha value is -1.17. The maximum absolute atomic E-state index is 12.4. The van der Waals surface area contributed by atoms with E-state index in [0.29, 0.717) is 13.0 Å². The van der Waals surface area contributed by atoms with Crippen molar-refractivity contribution in [2.24, 2.45) is 0 Å². The molecule has 5 heteroatoms. The maximum atomic E-state index is 12.4. The van der Waals surface area contributed by atoms with E-state index in [-0.39, 0.29) is 12.0 Å². The highest BCUT2D eigenvalue weighted by Crippen LogP contribution is 2.19. The van der Waals surface area contributed by atoms with Crippen LogP contribution in [0.5, 0.6) is 0 Å². The summed E-state index contributed by atoms with van der Waals surface area (Å²) in [6.07, 6.45) is 6.36. The van der Waals surface area contributed by atoms with Crippen LogP contribution in [0.1, 0.15) is 38.2 Å². The second-order valence-corrected chi connectivity index (χ2v) is 7.60. The Morgan fingerprint density at radius 2 is 2.09 bits per heavy atom. The van der Waals surface area contributed by atoms with E-state index in [1.807, 2.05) is 43.3 Å². The van der Waals surface area contributed by atoms with Crippen LogP contribution < -0.4 is 0 Å². The zero-order valence-electron chi connectivity index (χ0n) is 13.0. The molecule has 2 atom stereocenters. The summed E-state index contributed by atoms with van der Waals surface area (Å²) in [6.45, 7) is 2.47. The fraction of sp³-hybridized carbons (Fsp3) is 0.529. The average molecular weight is 324 g/mol. The van der Waals surface area contributed by atoms with Crippen LogP contribution >= 0.6 is 0 Å². The minimum atomic E-state index is -3.33. The van der Waals surface area contributed by atoms with Gasteiger partial charge in [0.15, 0.2) is 21.6 Å². The van der Waals surface area contributed by atoms with Crippen LogP contribution in [0.4, 0.5) is 0 Å². The van der Waals surface area contributed by atoms with Crippen LogP contribution in [0.25, 0.3) is 6.08 Å². The van der Waals surface area contributed by atoms with Gasteiger partial charge in [-0.1, -0.05) is 49.4 Å². The van der Waals surface area contributed by atoms with Crippen molar-refractivity contribution >= 4 is 15.9 Å². The molecule has 1 aromatic rings. The predicted molar refractivity (Wildman–Crippen MR) is 88.0 cm³/mol. The van der Waals surface area contributed by atoms with Crippen molar-refractivity contribution < 1.29 is 17.9 Å². The second kappa shape index (κ2) is 8.46. The third-order valence-corrected chi connectivity index (χ3v) is 5.52. The van der Waals surface area contributed by atoms with Crippen molar-refractivity contribution in [1.29, 1.82) is 0 Å². The zero-order chi connectivity index (χ0) is 15.8. The normalized spacial score (nSPS) is 21.0. The van der Waals surface area contributed by atoms with Gasteiger partial charge in [0.05, 0.1) is 5.75 Å². The lowest BCUT2D eigenvalue weighted by molar-refractivity contribution is -0.171. The van der Waals surface area contributed by atoms with E-state index < -0.39 is 15.3 Å². The first-order valence-electron chi connectivity index (χ1n) is 7.82. The highest BCUT2D eigenvalue weighted by molar-refractivity contribution is 7.92. The first kappa shape index (κ1) is 17.2. The minimum absolute atomic E-state index is 0.0207. The molecular formula is C17H24O4S. The van der Waals surface area contributed by atoms with Crippen molar-refractivity contribution in [2.45, 2.75) is 44.3 Å². The molecular weight excluding hydrogens is 300 g/mol. The topological polar surface area (TPSA) is 52.6 Å². The Kier molecular flexibility index (Phi) is 6.61. The van der Waals surface area contributed by atoms with E-state index in [4.69, 9.17) is 9.47 Å². The van der Waals surface area contributed by atoms with Crippen LogP contribution in [0.3, 0.4) is 0 Å². The standard InChI is InChI=1S/C17H24O4S/c1-2-17(21-16-12-6-7-13-20-16)22(18,19)14-8-11-15-9-4-3-5-10-15/h3-5,8-11,16-17H,2,6-7,12-14H2,1H3. The third kappa shape index (κ3) is 5.23. The van der Waals surface area contributed by atoms with E-state index in [0.717, 1.165) is 24.8 Å². The first-order chi connectivity index (χ1) is 10.6. The third-order valence-electron chi connectivity index (χ3n) is 3.61. The summed E-state index contributed by atoms with van der Waals surface area (Å²) in [5.74, 6) is -0.0207. The predicted octanol–water partition coefficient (Wildman–Crippen LogP) is 3.39. The Morgan fingerprint density at radius 1 is 1.32 bits per heavy atom. The first-order valence-corrected chi connectivity index (χ1v) is 9.53. The SMILES string of the molecule is CCC(OC1CCCCO1)S(=O)(=O)CC=Cc1ccccc1. The summed E-state index contributed by atoms with van der Waals surface area (Å²) in [4.78, 5) is 0. The van der Waals surface area contributed by atoms with Gasteiger partial charge in [0.25, 0.3) is 0 Å². The number of sulfone groups is 1. The Labute approximate surface area is 133 Å². The van der Waals surface area contributed by atoms with Crippen molar-refractivity contribution in [1.82, 2.24) is 0 Å². The van der Waals surface area contributed by atoms with Gasteiger partial charge in [0.2, 0.25) is 0 Å². The fourth-order valence-electron chi connectivity index (χ4n) is 2.41. The van der Waals surface area contributed by atoms with E-state index in [1.165, 1.54) is 0 Å². The van der Waals surface area contributed by atoms with Crippen LogP contribution in [-0.2, 0) is 19.3 Å². The number of hydrogen-bond donors (Lipinski definition) is 0. The molecule has 122 valence electrons. The molecule has 0 spiro atoms. The summed E-state index contributed by atoms with van der Waals surface area (Å²) in [5.41, 5.74) is 0.193. The van der Waals surface area contributed by atoms with Gasteiger partial charge in [0, 0.05) is 6.61 Å². The molecule has 1 fully saturated rings. The maximum Gasteiger partial charge on any atom is 0.180 e. The molecule has 4 nitrogen and oxygen atoms in total. The molecule has 1 aromatic carbocycles. The van der Waals surface area contributed by atoms with Crippen molar-refractivity contribution in [3.05, 3.63) is 42.0 Å². The lowest BCUT2D eigenvalue weighted by Crippen LogP contribution is -2.33. The lowest BCUT2D eigenvalue weighted by Gasteiger charge is -2.26. The number of ether oxygens (including phenoxy) is 2. The molecule has 2 rings (SSSR count). The molecule has 0 bridgehead atoms. The lowest BCUT2D eigenvalue weighted by atomic mass is 10.2. The van der Waals surface area contributed by atoms with Crippen LogP contribution in [0, 0.1) is 0 Å². The van der Waals surface area contributed by atoms with Crippen molar-refractivity contribution in [2.75, 3.05) is 12.4 Å². The van der Waals surface area contributed by atoms with Gasteiger partial charge in [0.1, 0.15) is 0 Å². The largest absolute Gasteiger partial charge is 0.353 e. The van der Waals surface area contributed by atoms with Gasteiger partial charge >= 0.3 is 0 Å². The molecule has 1 aliphatic rings. The summed E-state index contributed by atoms with van der Waals surface area (Å²) in [6, 6.07) is 9.65. The second-order valence-electron chi connectivity index (χ2n) is 5.41. The summed E-state index contributed by atoms with van der Waals surface area (Å²) in [7, 11) is -3.33. The fourth-order valence-corrected chi connectivity index (χ4v) is 3.79. The zero-order valence-corrected chi connectivity index (χ0v) is 13.8. The summed E-state index contributed by atoms with van der Waals surface area (Å²) >= 11 is 0. The van der Waals surface area contributed by atoms with Gasteiger partial charge < -0.3 is 9.47 Å². The van der Waals surface area contributed by atoms with E-state index in [2.05, 4.69) is 0 Å². The molecule has 0 amide bonds. The molecule has 1 aliphatic heterocycles. The number of hydrogen-bond acceptors (Lipinski definition) is 4. The number of benzene rings is 1. The Balaban J connectivity index is 1.93. The van der Waals surface area contributed by atoms with Gasteiger partial charge in [-0.25, -0.2) is 8.42 Å². The van der Waals surface area contributed by atoms with E-state index in [9.17, 15) is 8.42 Å². The average Bonchev–Trinajstić information content (AvgIpc) is 2.54. The molecule has 1 saturated heterocycles. The summed E-state index contributed by atoms with van der Waals surface area (Å²) < 4.78 is 35.9.